The van der Waals surface area contributed by atoms with E-state index in [4.69, 9.17) is 24.2 Å². The average molecular weight is 331 g/mol. The van der Waals surface area contributed by atoms with Crippen molar-refractivity contribution in [2.75, 3.05) is 0 Å². The van der Waals surface area contributed by atoms with Crippen molar-refractivity contribution in [1.29, 1.82) is 0 Å². The minimum absolute atomic E-state index is 0.0728. The maximum absolute atomic E-state index is 13.8. The zero-order valence-corrected chi connectivity index (χ0v) is 12.7. The molecule has 0 amide bonds. The smallest absolute Gasteiger partial charge is 0.256 e. The molecule has 0 fully saturated rings. The molecular weight excluding hydrogens is 321 g/mol. The van der Waals surface area contributed by atoms with Gasteiger partial charge in [-0.25, -0.2) is 14.1 Å². The first-order chi connectivity index (χ1) is 9.56. The van der Waals surface area contributed by atoms with Gasteiger partial charge in [-0.05, 0) is 36.3 Å². The molecule has 1 aliphatic rings. The van der Waals surface area contributed by atoms with Crippen LogP contribution in [0, 0.1) is 5.82 Å². The number of hydrogen-bond donors (Lipinski definition) is 0. The quantitative estimate of drug-likeness (QED) is 0.792. The predicted molar refractivity (Wildman–Crippen MR) is 78.3 cm³/mol. The fourth-order valence-corrected chi connectivity index (χ4v) is 3.34. The molecule has 0 unspecified atom stereocenters. The van der Waals surface area contributed by atoms with Crippen LogP contribution in [-0.2, 0) is 13.1 Å². The Bertz CT molecular complexity index is 793. The van der Waals surface area contributed by atoms with E-state index in [0.29, 0.717) is 22.8 Å². The Labute approximate surface area is 128 Å². The standard InChI is InChI=1S/C12H10ClFN3OS2/c13-7-5-8(14)9(6-10(7)19)15-11-16-3-1-2-4-17(16)12(18)20-11/h5-6H,1-4H2. The number of fused-ring (bicyclic) bond motifs is 1. The van der Waals surface area contributed by atoms with E-state index < -0.39 is 5.82 Å². The normalized spacial score (nSPS) is 15.4. The van der Waals surface area contributed by atoms with Crippen LogP contribution in [0.3, 0.4) is 0 Å². The number of aromatic nitrogens is 2. The molecule has 1 aliphatic heterocycles. The zero-order chi connectivity index (χ0) is 14.3. The van der Waals surface area contributed by atoms with Crippen molar-refractivity contribution in [3.05, 3.63) is 37.4 Å². The molecule has 3 rings (SSSR count). The Balaban J connectivity index is 2.19. The van der Waals surface area contributed by atoms with Crippen LogP contribution in [0.1, 0.15) is 12.8 Å². The molecule has 0 atom stereocenters. The van der Waals surface area contributed by atoms with Gasteiger partial charge in [-0.1, -0.05) is 24.2 Å². The summed E-state index contributed by atoms with van der Waals surface area (Å²) in [6, 6.07) is 2.57. The summed E-state index contributed by atoms with van der Waals surface area (Å²) in [5.41, 5.74) is 0.113. The second kappa shape index (κ2) is 5.31. The minimum Gasteiger partial charge on any atom is -0.256 e. The Kier molecular flexibility index (Phi) is 3.66. The maximum Gasteiger partial charge on any atom is 0.325 e. The third-order valence-corrected chi connectivity index (χ3v) is 4.74. The van der Waals surface area contributed by atoms with Gasteiger partial charge in [-0.3, -0.25) is 9.48 Å². The lowest BCUT2D eigenvalue weighted by molar-refractivity contribution is 0.345. The number of benzene rings is 1. The van der Waals surface area contributed by atoms with Gasteiger partial charge in [0.1, 0.15) is 5.69 Å². The van der Waals surface area contributed by atoms with Gasteiger partial charge in [-0.15, -0.1) is 0 Å². The molecule has 8 heteroatoms. The van der Waals surface area contributed by atoms with Crippen LogP contribution >= 0.6 is 35.6 Å². The number of hydrogen-bond acceptors (Lipinski definition) is 3. The van der Waals surface area contributed by atoms with Crippen LogP contribution in [0.4, 0.5) is 10.1 Å². The molecule has 1 radical (unpaired) electrons. The van der Waals surface area contributed by atoms with Crippen LogP contribution < -0.4 is 9.67 Å². The third kappa shape index (κ3) is 2.41. The molecule has 1 aromatic heterocycles. The fraction of sp³-hybridized carbons (Fsp3) is 0.333. The van der Waals surface area contributed by atoms with E-state index in [1.165, 1.54) is 6.07 Å². The lowest BCUT2D eigenvalue weighted by Crippen LogP contribution is -2.31. The van der Waals surface area contributed by atoms with Gasteiger partial charge in [-0.2, -0.15) is 0 Å². The maximum atomic E-state index is 13.8. The molecule has 4 nitrogen and oxygen atoms in total. The molecule has 105 valence electrons. The van der Waals surface area contributed by atoms with E-state index in [2.05, 4.69) is 4.99 Å². The summed E-state index contributed by atoms with van der Waals surface area (Å²) in [6.07, 6.45) is 1.96. The topological polar surface area (TPSA) is 39.3 Å². The van der Waals surface area contributed by atoms with Crippen molar-refractivity contribution < 1.29 is 4.39 Å². The minimum atomic E-state index is -0.542. The highest BCUT2D eigenvalue weighted by Crippen LogP contribution is 2.28. The lowest BCUT2D eigenvalue weighted by Gasteiger charge is -2.15. The Hall–Kier alpha value is -1.18. The summed E-state index contributed by atoms with van der Waals surface area (Å²) < 4.78 is 17.3. The summed E-state index contributed by atoms with van der Waals surface area (Å²) in [5, 5.41) is 0.191. The molecule has 1 aromatic carbocycles. The van der Waals surface area contributed by atoms with Crippen LogP contribution in [0.25, 0.3) is 0 Å². The molecular formula is C12H10ClFN3OS2. The van der Waals surface area contributed by atoms with E-state index in [9.17, 15) is 9.18 Å². The van der Waals surface area contributed by atoms with Gasteiger partial charge in [0.05, 0.1) is 9.92 Å². The highest BCUT2D eigenvalue weighted by Gasteiger charge is 2.14. The zero-order valence-electron chi connectivity index (χ0n) is 10.3. The molecule has 0 bridgehead atoms. The Morgan fingerprint density at radius 3 is 2.75 bits per heavy atom. The summed E-state index contributed by atoms with van der Waals surface area (Å²) in [7, 11) is 0. The summed E-state index contributed by atoms with van der Waals surface area (Å²) in [6.45, 7) is 1.40. The predicted octanol–water partition coefficient (Wildman–Crippen LogP) is 3.09. The van der Waals surface area contributed by atoms with Crippen molar-refractivity contribution in [3.8, 4) is 0 Å². The van der Waals surface area contributed by atoms with Crippen molar-refractivity contribution in [3.63, 3.8) is 0 Å². The molecule has 2 aromatic rings. The first kappa shape index (κ1) is 13.8. The Morgan fingerprint density at radius 2 is 2.00 bits per heavy atom. The molecule has 20 heavy (non-hydrogen) atoms. The van der Waals surface area contributed by atoms with Crippen molar-refractivity contribution in [2.24, 2.45) is 4.99 Å². The average Bonchev–Trinajstić information content (AvgIpc) is 2.74. The van der Waals surface area contributed by atoms with Gasteiger partial charge >= 0.3 is 4.87 Å². The van der Waals surface area contributed by atoms with Gasteiger partial charge in [0, 0.05) is 13.1 Å². The van der Waals surface area contributed by atoms with E-state index in [1.54, 1.807) is 9.36 Å². The number of halogens is 2. The van der Waals surface area contributed by atoms with E-state index in [1.807, 2.05) is 0 Å². The van der Waals surface area contributed by atoms with Crippen LogP contribution in [0.15, 0.2) is 26.8 Å². The molecule has 0 saturated heterocycles. The monoisotopic (exact) mass is 330 g/mol. The van der Waals surface area contributed by atoms with E-state index in [0.717, 1.165) is 30.2 Å². The first-order valence-corrected chi connectivity index (χ1v) is 7.68. The molecule has 0 N–H and O–H groups in total. The van der Waals surface area contributed by atoms with Crippen molar-refractivity contribution >= 4 is 41.3 Å². The van der Waals surface area contributed by atoms with Crippen LogP contribution in [-0.4, -0.2) is 9.36 Å². The summed E-state index contributed by atoms with van der Waals surface area (Å²) in [5.74, 6) is -0.542. The summed E-state index contributed by atoms with van der Waals surface area (Å²) >= 11 is 11.8. The van der Waals surface area contributed by atoms with Crippen molar-refractivity contribution in [2.45, 2.75) is 30.8 Å². The van der Waals surface area contributed by atoms with E-state index >= 15 is 0 Å². The van der Waals surface area contributed by atoms with Crippen LogP contribution in [0.2, 0.25) is 5.02 Å². The lowest BCUT2D eigenvalue weighted by atomic mass is 10.3. The highest BCUT2D eigenvalue weighted by molar-refractivity contribution is 7.80. The fourth-order valence-electron chi connectivity index (χ4n) is 2.12. The SMILES string of the molecule is O=c1sc(=Nc2cc([S])c(Cl)cc2F)n2n1CCCC2. The van der Waals surface area contributed by atoms with Gasteiger partial charge in [0.25, 0.3) is 0 Å². The number of nitrogens with zero attached hydrogens (tertiary/aromatic N) is 3. The first-order valence-electron chi connectivity index (χ1n) is 6.08. The largest absolute Gasteiger partial charge is 0.325 e. The van der Waals surface area contributed by atoms with Gasteiger partial charge in [0.2, 0.25) is 4.80 Å². The van der Waals surface area contributed by atoms with Crippen molar-refractivity contribution in [1.82, 2.24) is 9.36 Å². The molecule has 0 aliphatic carbocycles. The molecule has 2 heterocycles. The summed E-state index contributed by atoms with van der Waals surface area (Å²) in [4.78, 5) is 16.8. The highest BCUT2D eigenvalue weighted by atomic mass is 35.5. The number of rotatable bonds is 1. The molecule has 0 spiro atoms. The third-order valence-electron chi connectivity index (χ3n) is 3.11. The van der Waals surface area contributed by atoms with Gasteiger partial charge in [0.15, 0.2) is 5.82 Å². The Morgan fingerprint density at radius 1 is 1.30 bits per heavy atom. The van der Waals surface area contributed by atoms with E-state index in [-0.39, 0.29) is 15.6 Å². The molecule has 0 saturated carbocycles. The second-order valence-corrected chi connectivity index (χ2v) is 6.22. The van der Waals surface area contributed by atoms with Gasteiger partial charge < -0.3 is 0 Å². The second-order valence-electron chi connectivity index (χ2n) is 4.45. The van der Waals surface area contributed by atoms with Crippen LogP contribution in [0.5, 0.6) is 0 Å².